The fourth-order valence-electron chi connectivity index (χ4n) is 1.33. The Bertz CT molecular complexity index is 316. The van der Waals surface area contributed by atoms with E-state index in [4.69, 9.17) is 4.74 Å². The maximum absolute atomic E-state index is 9.90. The largest absolute Gasteiger partial charge is 0.492 e. The van der Waals surface area contributed by atoms with Gasteiger partial charge in [-0.1, -0.05) is 13.8 Å². The van der Waals surface area contributed by atoms with Gasteiger partial charge in [-0.3, -0.25) is 4.98 Å². The van der Waals surface area contributed by atoms with Crippen LogP contribution in [0.5, 0.6) is 5.75 Å². The highest BCUT2D eigenvalue weighted by molar-refractivity contribution is 5.25. The molecule has 0 spiro atoms. The average Bonchev–Trinajstić information content (AvgIpc) is 2.26. The highest BCUT2D eigenvalue weighted by atomic mass is 16.5. The second-order valence-electron chi connectivity index (χ2n) is 3.97. The molecule has 4 nitrogen and oxygen atoms in total. The van der Waals surface area contributed by atoms with Gasteiger partial charge in [0.15, 0.2) is 0 Å². The fraction of sp³-hybridized carbons (Fsp3) is 0.583. The Kier molecular flexibility index (Phi) is 5.22. The van der Waals surface area contributed by atoms with E-state index in [2.05, 4.69) is 10.3 Å². The third-order valence-corrected chi connectivity index (χ3v) is 2.15. The molecule has 0 aliphatic carbocycles. The van der Waals surface area contributed by atoms with Gasteiger partial charge in [0, 0.05) is 24.3 Å². The van der Waals surface area contributed by atoms with Gasteiger partial charge in [0.1, 0.15) is 5.75 Å². The molecule has 90 valence electrons. The number of pyridine rings is 1. The summed E-state index contributed by atoms with van der Waals surface area (Å²) in [5, 5.41) is 13.1. The molecular weight excluding hydrogens is 204 g/mol. The SMILES string of the molecule is CCOc1cncc(C(O)CNC(C)C)c1. The number of rotatable bonds is 6. The number of hydrogen-bond donors (Lipinski definition) is 2. The molecule has 1 rings (SSSR count). The minimum absolute atomic E-state index is 0.359. The highest BCUT2D eigenvalue weighted by Gasteiger charge is 2.09. The standard InChI is InChI=1S/C12H20N2O2/c1-4-16-11-5-10(6-13-7-11)12(15)8-14-9(2)3/h5-7,9,12,14-15H,4,8H2,1-3H3. The van der Waals surface area contributed by atoms with Crippen LogP contribution in [0.3, 0.4) is 0 Å². The zero-order valence-electron chi connectivity index (χ0n) is 10.1. The summed E-state index contributed by atoms with van der Waals surface area (Å²) in [6, 6.07) is 2.18. The highest BCUT2D eigenvalue weighted by Crippen LogP contribution is 2.17. The lowest BCUT2D eigenvalue weighted by Gasteiger charge is -2.14. The first-order chi connectivity index (χ1) is 7.63. The molecule has 4 heteroatoms. The molecule has 1 unspecified atom stereocenters. The van der Waals surface area contributed by atoms with E-state index in [1.165, 1.54) is 0 Å². The lowest BCUT2D eigenvalue weighted by molar-refractivity contribution is 0.170. The number of nitrogens with zero attached hydrogens (tertiary/aromatic N) is 1. The van der Waals surface area contributed by atoms with Crippen LogP contribution in [0.1, 0.15) is 32.4 Å². The van der Waals surface area contributed by atoms with Crippen molar-refractivity contribution in [3.8, 4) is 5.75 Å². The lowest BCUT2D eigenvalue weighted by Crippen LogP contribution is -2.27. The van der Waals surface area contributed by atoms with E-state index < -0.39 is 6.10 Å². The Balaban J connectivity index is 2.60. The summed E-state index contributed by atoms with van der Waals surface area (Å²) >= 11 is 0. The summed E-state index contributed by atoms with van der Waals surface area (Å²) in [6.45, 7) is 7.13. The molecule has 0 bridgehead atoms. The predicted molar refractivity (Wildman–Crippen MR) is 63.5 cm³/mol. The van der Waals surface area contributed by atoms with E-state index in [9.17, 15) is 5.11 Å². The van der Waals surface area contributed by atoms with Crippen LogP contribution in [-0.2, 0) is 0 Å². The van der Waals surface area contributed by atoms with Crippen molar-refractivity contribution in [2.24, 2.45) is 0 Å². The Labute approximate surface area is 96.7 Å². The molecule has 0 saturated heterocycles. The van der Waals surface area contributed by atoms with Crippen molar-refractivity contribution < 1.29 is 9.84 Å². The van der Waals surface area contributed by atoms with Crippen molar-refractivity contribution in [1.29, 1.82) is 0 Å². The fourth-order valence-corrected chi connectivity index (χ4v) is 1.33. The molecular formula is C12H20N2O2. The molecule has 16 heavy (non-hydrogen) atoms. The molecule has 0 aromatic carbocycles. The molecule has 0 aliphatic rings. The normalized spacial score (nSPS) is 12.8. The van der Waals surface area contributed by atoms with Crippen molar-refractivity contribution in [1.82, 2.24) is 10.3 Å². The van der Waals surface area contributed by atoms with Crippen LogP contribution in [-0.4, -0.2) is 29.3 Å². The lowest BCUT2D eigenvalue weighted by atomic mass is 10.1. The first-order valence-electron chi connectivity index (χ1n) is 5.62. The van der Waals surface area contributed by atoms with Gasteiger partial charge in [-0.05, 0) is 13.0 Å². The molecule has 1 aromatic rings. The van der Waals surface area contributed by atoms with Crippen molar-refractivity contribution in [2.45, 2.75) is 32.9 Å². The van der Waals surface area contributed by atoms with Gasteiger partial charge in [0.2, 0.25) is 0 Å². The smallest absolute Gasteiger partial charge is 0.137 e. The molecule has 0 aliphatic heterocycles. The number of aliphatic hydroxyl groups excluding tert-OH is 1. The zero-order chi connectivity index (χ0) is 12.0. The van der Waals surface area contributed by atoms with Crippen LogP contribution in [0.15, 0.2) is 18.5 Å². The number of ether oxygens (including phenoxy) is 1. The summed E-state index contributed by atoms with van der Waals surface area (Å²) in [4.78, 5) is 4.04. The Morgan fingerprint density at radius 1 is 1.44 bits per heavy atom. The minimum atomic E-state index is -0.546. The maximum atomic E-state index is 9.90. The molecule has 1 atom stereocenters. The van der Waals surface area contributed by atoms with Gasteiger partial charge < -0.3 is 15.2 Å². The molecule has 2 N–H and O–H groups in total. The number of hydrogen-bond acceptors (Lipinski definition) is 4. The topological polar surface area (TPSA) is 54.4 Å². The van der Waals surface area contributed by atoms with Crippen molar-refractivity contribution in [3.63, 3.8) is 0 Å². The molecule has 0 saturated carbocycles. The molecule has 0 amide bonds. The summed E-state index contributed by atoms with van der Waals surface area (Å²) in [7, 11) is 0. The molecule has 0 radical (unpaired) electrons. The van der Waals surface area contributed by atoms with Gasteiger partial charge in [-0.15, -0.1) is 0 Å². The van der Waals surface area contributed by atoms with E-state index in [1.54, 1.807) is 12.4 Å². The first kappa shape index (κ1) is 12.9. The van der Waals surface area contributed by atoms with Gasteiger partial charge in [-0.25, -0.2) is 0 Å². The van der Waals surface area contributed by atoms with Gasteiger partial charge >= 0.3 is 0 Å². The molecule has 1 heterocycles. The quantitative estimate of drug-likeness (QED) is 0.769. The average molecular weight is 224 g/mol. The minimum Gasteiger partial charge on any atom is -0.492 e. The molecule has 0 fully saturated rings. The van der Waals surface area contributed by atoms with Crippen LogP contribution in [0.25, 0.3) is 0 Å². The van der Waals surface area contributed by atoms with E-state index in [1.807, 2.05) is 26.8 Å². The second-order valence-corrected chi connectivity index (χ2v) is 3.97. The Morgan fingerprint density at radius 3 is 2.81 bits per heavy atom. The van der Waals surface area contributed by atoms with Gasteiger partial charge in [-0.2, -0.15) is 0 Å². The zero-order valence-corrected chi connectivity index (χ0v) is 10.1. The number of nitrogens with one attached hydrogen (secondary N) is 1. The van der Waals surface area contributed by atoms with Crippen LogP contribution in [0, 0.1) is 0 Å². The van der Waals surface area contributed by atoms with E-state index in [0.29, 0.717) is 24.9 Å². The van der Waals surface area contributed by atoms with Crippen LogP contribution < -0.4 is 10.1 Å². The Hall–Kier alpha value is -1.13. The van der Waals surface area contributed by atoms with E-state index in [-0.39, 0.29) is 0 Å². The van der Waals surface area contributed by atoms with E-state index >= 15 is 0 Å². The van der Waals surface area contributed by atoms with Crippen molar-refractivity contribution in [2.75, 3.05) is 13.2 Å². The van der Waals surface area contributed by atoms with Crippen LogP contribution in [0.2, 0.25) is 0 Å². The summed E-state index contributed by atoms with van der Waals surface area (Å²) in [6.07, 6.45) is 2.76. The Morgan fingerprint density at radius 2 is 2.19 bits per heavy atom. The van der Waals surface area contributed by atoms with Gasteiger partial charge in [0.05, 0.1) is 18.9 Å². The number of aromatic nitrogens is 1. The first-order valence-corrected chi connectivity index (χ1v) is 5.62. The van der Waals surface area contributed by atoms with Crippen LogP contribution in [0.4, 0.5) is 0 Å². The second kappa shape index (κ2) is 6.45. The predicted octanol–water partition coefficient (Wildman–Crippen LogP) is 1.51. The van der Waals surface area contributed by atoms with Crippen molar-refractivity contribution >= 4 is 0 Å². The number of aliphatic hydroxyl groups is 1. The summed E-state index contributed by atoms with van der Waals surface area (Å²) < 4.78 is 5.33. The maximum Gasteiger partial charge on any atom is 0.137 e. The summed E-state index contributed by atoms with van der Waals surface area (Å²) in [5.41, 5.74) is 0.777. The third kappa shape index (κ3) is 4.16. The van der Waals surface area contributed by atoms with Gasteiger partial charge in [0.25, 0.3) is 0 Å². The van der Waals surface area contributed by atoms with Crippen molar-refractivity contribution in [3.05, 3.63) is 24.0 Å². The molecule has 1 aromatic heterocycles. The third-order valence-electron chi connectivity index (χ3n) is 2.15. The monoisotopic (exact) mass is 224 g/mol. The summed E-state index contributed by atoms with van der Waals surface area (Å²) in [5.74, 6) is 0.698. The van der Waals surface area contributed by atoms with E-state index in [0.717, 1.165) is 5.56 Å². The van der Waals surface area contributed by atoms with Crippen LogP contribution >= 0.6 is 0 Å².